The van der Waals surface area contributed by atoms with Gasteiger partial charge in [0.2, 0.25) is 12.7 Å². The Hall–Kier alpha value is -2.79. The molecule has 11 heteroatoms. The minimum absolute atomic E-state index is 0.138. The van der Waals surface area contributed by atoms with Crippen LogP contribution in [0.4, 0.5) is 0 Å². The first-order valence-corrected chi connectivity index (χ1v) is 11.4. The van der Waals surface area contributed by atoms with Crippen LogP contribution in [0.25, 0.3) is 0 Å². The molecule has 2 saturated heterocycles. The fourth-order valence-corrected chi connectivity index (χ4v) is 5.12. The van der Waals surface area contributed by atoms with Crippen LogP contribution in [0, 0.1) is 0 Å². The maximum atomic E-state index is 13.1. The molecule has 0 radical (unpaired) electrons. The van der Waals surface area contributed by atoms with Gasteiger partial charge >= 0.3 is 5.97 Å². The normalized spacial score (nSPS) is 23.4. The van der Waals surface area contributed by atoms with Crippen molar-refractivity contribution in [2.24, 2.45) is 0 Å². The number of carboxylic acid groups (broad SMARTS) is 1. The van der Waals surface area contributed by atoms with Crippen molar-refractivity contribution in [3.63, 3.8) is 0 Å². The maximum absolute atomic E-state index is 13.1. The molecule has 0 bridgehead atoms. The number of benzene rings is 1. The van der Waals surface area contributed by atoms with Crippen LogP contribution >= 0.6 is 11.8 Å². The van der Waals surface area contributed by atoms with E-state index in [4.69, 9.17) is 9.47 Å². The van der Waals surface area contributed by atoms with Gasteiger partial charge in [-0.25, -0.2) is 9.80 Å². The monoisotopic (exact) mass is 463 g/mol. The largest absolute Gasteiger partial charge is 0.480 e. The molecule has 0 aliphatic carbocycles. The van der Waals surface area contributed by atoms with Gasteiger partial charge in [0, 0.05) is 20.0 Å². The van der Waals surface area contributed by atoms with Gasteiger partial charge in [-0.15, -0.1) is 0 Å². The summed E-state index contributed by atoms with van der Waals surface area (Å²) in [6.45, 7) is 2.62. The third-order valence-electron chi connectivity index (χ3n) is 5.75. The number of thioether (sulfide) groups is 1. The molecule has 32 heavy (non-hydrogen) atoms. The lowest BCUT2D eigenvalue weighted by Gasteiger charge is -2.47. The quantitative estimate of drug-likeness (QED) is 0.630. The second-order valence-electron chi connectivity index (χ2n) is 7.97. The highest BCUT2D eigenvalue weighted by molar-refractivity contribution is 8.14. The topological polar surface area (TPSA) is 125 Å². The van der Waals surface area contributed by atoms with Crippen molar-refractivity contribution in [3.8, 4) is 11.5 Å². The number of carbonyl (C=O) groups is 4. The highest BCUT2D eigenvalue weighted by Crippen LogP contribution is 2.33. The number of aliphatic carboxylic acids is 1. The number of rotatable bonds is 6. The molecule has 3 aliphatic rings. The number of fused-ring (bicyclic) bond motifs is 2. The van der Waals surface area contributed by atoms with E-state index in [0.29, 0.717) is 43.9 Å². The smallest absolute Gasteiger partial charge is 0.328 e. The van der Waals surface area contributed by atoms with Crippen molar-refractivity contribution < 1.29 is 33.8 Å². The fraction of sp³-hybridized carbons (Fsp3) is 0.524. The summed E-state index contributed by atoms with van der Waals surface area (Å²) in [5, 5.41) is 14.4. The third kappa shape index (κ3) is 4.68. The first kappa shape index (κ1) is 22.4. The van der Waals surface area contributed by atoms with Crippen molar-refractivity contribution >= 4 is 34.7 Å². The molecule has 2 N–H and O–H groups in total. The van der Waals surface area contributed by atoms with Gasteiger partial charge < -0.3 is 19.9 Å². The number of nitrogens with zero attached hydrogens (tertiary/aromatic N) is 2. The summed E-state index contributed by atoms with van der Waals surface area (Å²) in [5.74, 6) is -0.699. The highest BCUT2D eigenvalue weighted by atomic mass is 32.2. The molecule has 0 spiro atoms. The Labute approximate surface area is 189 Å². The molecule has 2 amide bonds. The van der Waals surface area contributed by atoms with Gasteiger partial charge in [0.1, 0.15) is 12.1 Å². The van der Waals surface area contributed by atoms with Gasteiger partial charge in [-0.05, 0) is 43.4 Å². The zero-order valence-electron chi connectivity index (χ0n) is 17.6. The molecule has 0 aromatic heterocycles. The van der Waals surface area contributed by atoms with Crippen LogP contribution in [0.5, 0.6) is 11.5 Å². The molecule has 2 fully saturated rings. The van der Waals surface area contributed by atoms with Crippen LogP contribution in [0.1, 0.15) is 31.7 Å². The summed E-state index contributed by atoms with van der Waals surface area (Å²) in [4.78, 5) is 49.5. The predicted octanol–water partition coefficient (Wildman–Crippen LogP) is 0.787. The molecule has 172 valence electrons. The van der Waals surface area contributed by atoms with E-state index >= 15 is 0 Å². The highest BCUT2D eigenvalue weighted by Gasteiger charge is 2.44. The van der Waals surface area contributed by atoms with E-state index in [0.717, 1.165) is 17.3 Å². The Bertz CT molecular complexity index is 940. The summed E-state index contributed by atoms with van der Waals surface area (Å²) in [6, 6.07) is 3.59. The Balaban J connectivity index is 1.46. The molecular weight excluding hydrogens is 438 g/mol. The van der Waals surface area contributed by atoms with Gasteiger partial charge in [-0.2, -0.15) is 0 Å². The SMILES string of the molecule is CC(=O)S[C@H](Cc1ccc2c(c1)OCO2)C(=O)NC1CCN2CCC[C@@H](C(=O)O)N2C1=O. The standard InChI is InChI=1S/C21H25N3O7S/c1-12(25)32-18(10-13-4-5-16-17(9-13)31-11-30-16)19(26)22-14-6-8-23-7-2-3-15(21(28)29)24(23)20(14)27/h4-5,9,14-15,18H,2-3,6-8,10-11H2,1H3,(H,22,26)(H,28,29)/t14?,15-,18+/m0/s1. The zero-order valence-corrected chi connectivity index (χ0v) is 18.4. The van der Waals surface area contributed by atoms with E-state index in [1.54, 1.807) is 17.1 Å². The van der Waals surface area contributed by atoms with Crippen LogP contribution in [-0.2, 0) is 25.6 Å². The fourth-order valence-electron chi connectivity index (χ4n) is 4.26. The summed E-state index contributed by atoms with van der Waals surface area (Å²) >= 11 is 0.901. The Kier molecular flexibility index (Phi) is 6.56. The number of hydrazine groups is 1. The van der Waals surface area contributed by atoms with Crippen molar-refractivity contribution in [1.29, 1.82) is 0 Å². The van der Waals surface area contributed by atoms with Gasteiger partial charge in [0.25, 0.3) is 5.91 Å². The number of carboxylic acids is 1. The van der Waals surface area contributed by atoms with Crippen LogP contribution < -0.4 is 14.8 Å². The molecule has 1 aromatic rings. The minimum Gasteiger partial charge on any atom is -0.480 e. The molecule has 3 atom stereocenters. The number of hydrogen-bond acceptors (Lipinski definition) is 8. The Morgan fingerprint density at radius 3 is 2.75 bits per heavy atom. The number of carbonyl (C=O) groups excluding carboxylic acids is 3. The second-order valence-corrected chi connectivity index (χ2v) is 9.35. The van der Waals surface area contributed by atoms with Crippen LogP contribution in [0.3, 0.4) is 0 Å². The number of ether oxygens (including phenoxy) is 2. The number of nitrogens with one attached hydrogen (secondary N) is 1. The van der Waals surface area contributed by atoms with E-state index in [1.165, 1.54) is 11.9 Å². The number of hydrogen-bond donors (Lipinski definition) is 2. The third-order valence-corrected chi connectivity index (χ3v) is 6.75. The van der Waals surface area contributed by atoms with Crippen molar-refractivity contribution in [2.45, 2.75) is 49.9 Å². The van der Waals surface area contributed by atoms with Crippen LogP contribution in [0.15, 0.2) is 18.2 Å². The molecule has 3 heterocycles. The van der Waals surface area contributed by atoms with Crippen LogP contribution in [0.2, 0.25) is 0 Å². The summed E-state index contributed by atoms with van der Waals surface area (Å²) in [7, 11) is 0. The number of amides is 2. The summed E-state index contributed by atoms with van der Waals surface area (Å²) in [5.41, 5.74) is 0.797. The van der Waals surface area contributed by atoms with Crippen molar-refractivity contribution in [3.05, 3.63) is 23.8 Å². The average molecular weight is 464 g/mol. The predicted molar refractivity (Wildman–Crippen MR) is 114 cm³/mol. The van der Waals surface area contributed by atoms with E-state index in [9.17, 15) is 24.3 Å². The van der Waals surface area contributed by atoms with Crippen molar-refractivity contribution in [2.75, 3.05) is 19.9 Å². The van der Waals surface area contributed by atoms with Gasteiger partial charge in [-0.3, -0.25) is 19.4 Å². The summed E-state index contributed by atoms with van der Waals surface area (Å²) < 4.78 is 10.7. The molecule has 10 nitrogen and oxygen atoms in total. The lowest BCUT2D eigenvalue weighted by molar-refractivity contribution is -0.183. The second kappa shape index (κ2) is 9.37. The van der Waals surface area contributed by atoms with Gasteiger partial charge in [0.15, 0.2) is 16.6 Å². The Morgan fingerprint density at radius 2 is 2.00 bits per heavy atom. The Morgan fingerprint density at radius 1 is 1.22 bits per heavy atom. The maximum Gasteiger partial charge on any atom is 0.328 e. The van der Waals surface area contributed by atoms with E-state index < -0.39 is 35.1 Å². The van der Waals surface area contributed by atoms with Gasteiger partial charge in [0.05, 0.1) is 5.25 Å². The van der Waals surface area contributed by atoms with Crippen LogP contribution in [-0.4, -0.2) is 75.2 Å². The molecule has 1 aromatic carbocycles. The lowest BCUT2D eigenvalue weighted by atomic mass is 10.0. The first-order chi connectivity index (χ1) is 15.3. The lowest BCUT2D eigenvalue weighted by Crippen LogP contribution is -2.66. The van der Waals surface area contributed by atoms with Crippen molar-refractivity contribution in [1.82, 2.24) is 15.3 Å². The van der Waals surface area contributed by atoms with Gasteiger partial charge in [-0.1, -0.05) is 17.8 Å². The molecule has 1 unspecified atom stereocenters. The van der Waals surface area contributed by atoms with E-state index in [2.05, 4.69) is 5.32 Å². The van der Waals surface area contributed by atoms with E-state index in [1.807, 2.05) is 6.07 Å². The molecular formula is C21H25N3O7S. The zero-order chi connectivity index (χ0) is 22.8. The molecule has 4 rings (SSSR count). The minimum atomic E-state index is -1.05. The molecule has 3 aliphatic heterocycles. The summed E-state index contributed by atoms with van der Waals surface area (Å²) in [6.07, 6.45) is 1.73. The first-order valence-electron chi connectivity index (χ1n) is 10.5. The molecule has 0 saturated carbocycles. The van der Waals surface area contributed by atoms with E-state index in [-0.39, 0.29) is 18.3 Å². The average Bonchev–Trinajstić information content (AvgIpc) is 3.22.